The highest BCUT2D eigenvalue weighted by molar-refractivity contribution is 5.80. The monoisotopic (exact) mass is 408 g/mol. The topological polar surface area (TPSA) is 65.1 Å². The summed E-state index contributed by atoms with van der Waals surface area (Å²) < 4.78 is 16.9. The zero-order chi connectivity index (χ0) is 19.2. The van der Waals surface area contributed by atoms with Crippen molar-refractivity contribution in [3.05, 3.63) is 53.5 Å². The number of hydrogen-bond acceptors (Lipinski definition) is 4. The molecule has 2 unspecified atom stereocenters. The van der Waals surface area contributed by atoms with E-state index in [2.05, 4.69) is 12.2 Å². The minimum absolute atomic E-state index is 0. The minimum atomic E-state index is -0.566. The number of hydrogen-bond donors (Lipinski definition) is 2. The summed E-state index contributed by atoms with van der Waals surface area (Å²) in [4.78, 5) is 13.9. The third-order valence-corrected chi connectivity index (χ3v) is 5.16. The van der Waals surface area contributed by atoms with Crippen LogP contribution >= 0.6 is 0 Å². The molecule has 1 saturated heterocycles. The fourth-order valence-electron chi connectivity index (χ4n) is 3.31. The van der Waals surface area contributed by atoms with Crippen molar-refractivity contribution < 1.29 is 36.0 Å². The molecule has 7 heteroatoms. The van der Waals surface area contributed by atoms with E-state index >= 15 is 0 Å². The molecule has 154 valence electrons. The summed E-state index contributed by atoms with van der Waals surface area (Å²) >= 11 is 0. The summed E-state index contributed by atoms with van der Waals surface area (Å²) in [6.07, 6.45) is 1.11. The Morgan fingerprint density at radius 1 is 1.21 bits per heavy atom. The fourth-order valence-corrected chi connectivity index (χ4v) is 3.31. The van der Waals surface area contributed by atoms with Gasteiger partial charge in [-0.05, 0) is 56.2 Å². The maximum Gasteiger partial charge on any atom is 0.261 e. The quantitative estimate of drug-likeness (QED) is 0.581. The lowest BCUT2D eigenvalue weighted by Crippen LogP contribution is -3.15. The summed E-state index contributed by atoms with van der Waals surface area (Å²) in [7, 11) is 0. The number of halogens is 1. The molecule has 0 saturated carbocycles. The standard InChI is InChI=1S/C21H28N2O4.ClH/c1-15-6-7-18(13-16(15)2)27-17(3)21(24)22-14-19(20-5-4-10-26-20)23-8-11-25-12-9-23;/h4-7,10,13,17,19H,8-9,11-12,14H2,1-3H3,(H,22,24);1H. The van der Waals surface area contributed by atoms with E-state index in [-0.39, 0.29) is 24.4 Å². The van der Waals surface area contributed by atoms with Crippen molar-refractivity contribution in [2.45, 2.75) is 32.9 Å². The van der Waals surface area contributed by atoms with Crippen LogP contribution in [0.4, 0.5) is 0 Å². The SMILES string of the molecule is Cc1ccc(OC(C)C(=O)NCC(c2ccco2)[NH+]2CCOCC2)cc1C.[Cl-]. The molecule has 1 aliphatic heterocycles. The number of nitrogens with one attached hydrogen (secondary N) is 2. The number of rotatable bonds is 7. The van der Waals surface area contributed by atoms with Crippen LogP contribution in [0.25, 0.3) is 0 Å². The lowest BCUT2D eigenvalue weighted by atomic mass is 10.1. The van der Waals surface area contributed by atoms with Crippen LogP contribution in [0.3, 0.4) is 0 Å². The molecule has 2 aromatic rings. The Labute approximate surface area is 172 Å². The van der Waals surface area contributed by atoms with Gasteiger partial charge in [-0.25, -0.2) is 0 Å². The highest BCUT2D eigenvalue weighted by Gasteiger charge is 2.29. The van der Waals surface area contributed by atoms with Crippen LogP contribution < -0.4 is 27.4 Å². The van der Waals surface area contributed by atoms with Gasteiger partial charge in [0.05, 0.1) is 26.0 Å². The van der Waals surface area contributed by atoms with Gasteiger partial charge in [0.15, 0.2) is 17.9 Å². The van der Waals surface area contributed by atoms with Gasteiger partial charge in [0, 0.05) is 0 Å². The number of carbonyl (C=O) groups excluding carboxylic acids is 1. The zero-order valence-electron chi connectivity index (χ0n) is 16.7. The van der Waals surface area contributed by atoms with Crippen molar-refractivity contribution in [1.29, 1.82) is 0 Å². The van der Waals surface area contributed by atoms with Crippen molar-refractivity contribution in [1.82, 2.24) is 5.32 Å². The Balaban J connectivity index is 0.00000280. The number of quaternary nitrogens is 1. The summed E-state index contributed by atoms with van der Waals surface area (Å²) in [6.45, 7) is 9.62. The number of carbonyl (C=O) groups is 1. The summed E-state index contributed by atoms with van der Waals surface area (Å²) in [5.74, 6) is 1.47. The highest BCUT2D eigenvalue weighted by atomic mass is 35.5. The third kappa shape index (κ3) is 5.74. The van der Waals surface area contributed by atoms with Crippen LogP contribution in [0.5, 0.6) is 5.75 Å². The Kier molecular flexibility index (Phi) is 8.35. The second kappa shape index (κ2) is 10.5. The van der Waals surface area contributed by atoms with Crippen molar-refractivity contribution in [2.24, 2.45) is 0 Å². The van der Waals surface area contributed by atoms with Crippen molar-refractivity contribution >= 4 is 5.91 Å². The molecule has 0 aliphatic carbocycles. The van der Waals surface area contributed by atoms with Gasteiger partial charge in [0.2, 0.25) is 0 Å². The van der Waals surface area contributed by atoms with E-state index in [1.165, 1.54) is 10.5 Å². The van der Waals surface area contributed by atoms with Gasteiger partial charge >= 0.3 is 0 Å². The van der Waals surface area contributed by atoms with Gasteiger partial charge in [0.25, 0.3) is 5.91 Å². The number of morpholine rings is 1. The molecule has 28 heavy (non-hydrogen) atoms. The van der Waals surface area contributed by atoms with E-state index in [9.17, 15) is 4.79 Å². The molecule has 0 bridgehead atoms. The van der Waals surface area contributed by atoms with E-state index in [0.717, 1.165) is 37.6 Å². The van der Waals surface area contributed by atoms with Crippen LogP contribution in [0.2, 0.25) is 0 Å². The number of benzene rings is 1. The van der Waals surface area contributed by atoms with Gasteiger partial charge in [-0.15, -0.1) is 0 Å². The lowest BCUT2D eigenvalue weighted by Gasteiger charge is -2.30. The normalized spacial score (nSPS) is 16.7. The molecule has 1 aliphatic rings. The summed E-state index contributed by atoms with van der Waals surface area (Å²) in [6, 6.07) is 9.79. The number of aryl methyl sites for hydroxylation is 2. The van der Waals surface area contributed by atoms with Gasteiger partial charge < -0.3 is 36.5 Å². The Morgan fingerprint density at radius 3 is 2.61 bits per heavy atom. The predicted molar refractivity (Wildman–Crippen MR) is 102 cm³/mol. The van der Waals surface area contributed by atoms with Crippen molar-refractivity contribution in [2.75, 3.05) is 32.8 Å². The molecule has 1 amide bonds. The maximum absolute atomic E-state index is 12.6. The van der Waals surface area contributed by atoms with Gasteiger partial charge in [-0.3, -0.25) is 4.79 Å². The Bertz CT molecular complexity index is 745. The van der Waals surface area contributed by atoms with Gasteiger partial charge in [-0.1, -0.05) is 6.07 Å². The van der Waals surface area contributed by atoms with Gasteiger partial charge in [0.1, 0.15) is 18.8 Å². The van der Waals surface area contributed by atoms with Crippen LogP contribution in [-0.4, -0.2) is 44.9 Å². The number of furan rings is 1. The van der Waals surface area contributed by atoms with E-state index in [0.29, 0.717) is 12.3 Å². The molecule has 6 nitrogen and oxygen atoms in total. The van der Waals surface area contributed by atoms with Crippen molar-refractivity contribution in [3.63, 3.8) is 0 Å². The predicted octanol–water partition coefficient (Wildman–Crippen LogP) is -1.56. The average molecular weight is 409 g/mol. The van der Waals surface area contributed by atoms with E-state index in [4.69, 9.17) is 13.9 Å². The Hall–Kier alpha value is -2.02. The fraction of sp³-hybridized carbons (Fsp3) is 0.476. The van der Waals surface area contributed by atoms with Crippen LogP contribution in [0.1, 0.15) is 29.9 Å². The number of amides is 1. The van der Waals surface area contributed by atoms with Crippen molar-refractivity contribution in [3.8, 4) is 5.75 Å². The summed E-state index contributed by atoms with van der Waals surface area (Å²) in [5.41, 5.74) is 2.35. The molecular weight excluding hydrogens is 380 g/mol. The molecule has 2 atom stereocenters. The molecule has 2 N–H and O–H groups in total. The first kappa shape index (κ1) is 22.3. The summed E-state index contributed by atoms with van der Waals surface area (Å²) in [5, 5.41) is 3.03. The molecule has 3 rings (SSSR count). The van der Waals surface area contributed by atoms with E-state index < -0.39 is 6.10 Å². The first-order valence-corrected chi connectivity index (χ1v) is 9.52. The zero-order valence-corrected chi connectivity index (χ0v) is 17.4. The molecule has 1 aromatic carbocycles. The third-order valence-electron chi connectivity index (χ3n) is 5.16. The molecule has 1 fully saturated rings. The average Bonchev–Trinajstić information content (AvgIpc) is 3.20. The Morgan fingerprint density at radius 2 is 1.96 bits per heavy atom. The van der Waals surface area contributed by atoms with Crippen LogP contribution in [0, 0.1) is 13.8 Å². The lowest BCUT2D eigenvalue weighted by molar-refractivity contribution is -0.938. The largest absolute Gasteiger partial charge is 1.00 e. The minimum Gasteiger partial charge on any atom is -1.00 e. The van der Waals surface area contributed by atoms with Crippen LogP contribution in [-0.2, 0) is 9.53 Å². The molecule has 1 aromatic heterocycles. The number of ether oxygens (including phenoxy) is 2. The first-order chi connectivity index (χ1) is 13.0. The molecule has 2 heterocycles. The first-order valence-electron chi connectivity index (χ1n) is 9.52. The second-order valence-electron chi connectivity index (χ2n) is 7.09. The second-order valence-corrected chi connectivity index (χ2v) is 7.09. The van der Waals surface area contributed by atoms with E-state index in [1.807, 2.05) is 37.3 Å². The molecule has 0 radical (unpaired) electrons. The molecular formula is C21H29ClN2O4. The van der Waals surface area contributed by atoms with E-state index in [1.54, 1.807) is 13.2 Å². The maximum atomic E-state index is 12.6. The molecule has 0 spiro atoms. The van der Waals surface area contributed by atoms with Crippen LogP contribution in [0.15, 0.2) is 41.0 Å². The smallest absolute Gasteiger partial charge is 0.261 e. The van der Waals surface area contributed by atoms with Gasteiger partial charge in [-0.2, -0.15) is 0 Å². The highest BCUT2D eigenvalue weighted by Crippen LogP contribution is 2.18.